The van der Waals surface area contributed by atoms with Crippen molar-refractivity contribution in [1.29, 1.82) is 0 Å². The monoisotopic (exact) mass is 325 g/mol. The molecule has 0 aliphatic heterocycles. The summed E-state index contributed by atoms with van der Waals surface area (Å²) in [6.45, 7) is 1.67. The summed E-state index contributed by atoms with van der Waals surface area (Å²) in [7, 11) is 1.59. The average molecular weight is 325 g/mol. The van der Waals surface area contributed by atoms with Gasteiger partial charge in [-0.15, -0.1) is 0 Å². The highest BCUT2D eigenvalue weighted by Crippen LogP contribution is 2.24. The SMILES string of the molecule is COc1ccc(-c2[nH]ncc2C(=O)Nc2ccc(C)c(F)c2)cc1. The molecule has 0 radical (unpaired) electrons. The van der Waals surface area contributed by atoms with E-state index in [1.807, 2.05) is 12.1 Å². The Hall–Kier alpha value is -3.15. The Morgan fingerprint density at radius 2 is 1.96 bits per heavy atom. The Morgan fingerprint density at radius 1 is 1.21 bits per heavy atom. The van der Waals surface area contributed by atoms with Crippen molar-refractivity contribution in [3.05, 3.63) is 65.6 Å². The summed E-state index contributed by atoms with van der Waals surface area (Å²) < 4.78 is 18.7. The number of benzene rings is 2. The van der Waals surface area contributed by atoms with E-state index in [2.05, 4.69) is 15.5 Å². The van der Waals surface area contributed by atoms with Gasteiger partial charge in [0.2, 0.25) is 0 Å². The smallest absolute Gasteiger partial charge is 0.259 e. The number of nitrogens with one attached hydrogen (secondary N) is 2. The van der Waals surface area contributed by atoms with Gasteiger partial charge in [-0.1, -0.05) is 6.07 Å². The molecule has 0 bridgehead atoms. The third-order valence-electron chi connectivity index (χ3n) is 3.69. The van der Waals surface area contributed by atoms with Crippen molar-refractivity contribution in [3.8, 4) is 17.0 Å². The second-order valence-corrected chi connectivity index (χ2v) is 5.31. The number of ether oxygens (including phenoxy) is 1. The van der Waals surface area contributed by atoms with Gasteiger partial charge in [-0.25, -0.2) is 4.39 Å². The highest BCUT2D eigenvalue weighted by Gasteiger charge is 2.16. The molecule has 1 heterocycles. The number of halogens is 1. The summed E-state index contributed by atoms with van der Waals surface area (Å²) in [6, 6.07) is 11.8. The van der Waals surface area contributed by atoms with E-state index >= 15 is 0 Å². The maximum atomic E-state index is 13.6. The van der Waals surface area contributed by atoms with Gasteiger partial charge in [-0.05, 0) is 48.9 Å². The van der Waals surface area contributed by atoms with Crippen LogP contribution in [0.15, 0.2) is 48.7 Å². The first kappa shape index (κ1) is 15.7. The molecule has 24 heavy (non-hydrogen) atoms. The molecule has 6 heteroatoms. The van der Waals surface area contributed by atoms with Gasteiger partial charge >= 0.3 is 0 Å². The highest BCUT2D eigenvalue weighted by molar-refractivity contribution is 6.08. The summed E-state index contributed by atoms with van der Waals surface area (Å²) in [4.78, 5) is 12.5. The van der Waals surface area contributed by atoms with E-state index in [1.54, 1.807) is 38.3 Å². The number of aromatic nitrogens is 2. The second-order valence-electron chi connectivity index (χ2n) is 5.31. The number of carbonyl (C=O) groups is 1. The first-order valence-electron chi connectivity index (χ1n) is 7.34. The number of aromatic amines is 1. The molecule has 3 rings (SSSR count). The van der Waals surface area contributed by atoms with Crippen LogP contribution in [-0.4, -0.2) is 23.2 Å². The van der Waals surface area contributed by atoms with E-state index in [-0.39, 0.29) is 11.7 Å². The largest absolute Gasteiger partial charge is 0.497 e. The number of aryl methyl sites for hydroxylation is 1. The molecule has 0 unspecified atom stereocenters. The van der Waals surface area contributed by atoms with E-state index in [0.717, 1.165) is 11.3 Å². The summed E-state index contributed by atoms with van der Waals surface area (Å²) in [6.07, 6.45) is 1.44. The Bertz CT molecular complexity index is 872. The Kier molecular flexibility index (Phi) is 4.29. The molecule has 2 aromatic carbocycles. The van der Waals surface area contributed by atoms with Crippen LogP contribution in [0, 0.1) is 12.7 Å². The zero-order valence-corrected chi connectivity index (χ0v) is 13.3. The van der Waals surface area contributed by atoms with Gasteiger partial charge in [0.1, 0.15) is 11.6 Å². The molecule has 1 aromatic heterocycles. The molecule has 0 atom stereocenters. The van der Waals surface area contributed by atoms with Crippen LogP contribution in [0.3, 0.4) is 0 Å². The van der Waals surface area contributed by atoms with Gasteiger partial charge in [0, 0.05) is 11.3 Å². The maximum Gasteiger partial charge on any atom is 0.259 e. The molecule has 0 spiro atoms. The third kappa shape index (κ3) is 3.12. The van der Waals surface area contributed by atoms with Gasteiger partial charge in [-0.2, -0.15) is 5.10 Å². The molecule has 0 fully saturated rings. The molecule has 0 aliphatic carbocycles. The van der Waals surface area contributed by atoms with Crippen LogP contribution in [-0.2, 0) is 0 Å². The zero-order chi connectivity index (χ0) is 17.1. The lowest BCUT2D eigenvalue weighted by Gasteiger charge is -2.07. The summed E-state index contributed by atoms with van der Waals surface area (Å²) in [5.74, 6) is -0.00686. The van der Waals surface area contributed by atoms with E-state index in [0.29, 0.717) is 22.5 Å². The number of rotatable bonds is 4. The first-order chi connectivity index (χ1) is 11.6. The lowest BCUT2D eigenvalue weighted by molar-refractivity contribution is 0.102. The van der Waals surface area contributed by atoms with Gasteiger partial charge in [0.15, 0.2) is 0 Å². The van der Waals surface area contributed by atoms with Crippen LogP contribution in [0.5, 0.6) is 5.75 Å². The molecular weight excluding hydrogens is 309 g/mol. The standard InChI is InChI=1S/C18H16FN3O2/c1-11-3-6-13(9-16(11)19)21-18(23)15-10-20-22-17(15)12-4-7-14(24-2)8-5-12/h3-10H,1-2H3,(H,20,22)(H,21,23). The molecule has 0 saturated heterocycles. The quantitative estimate of drug-likeness (QED) is 0.767. The molecule has 3 aromatic rings. The van der Waals surface area contributed by atoms with Crippen LogP contribution >= 0.6 is 0 Å². The van der Waals surface area contributed by atoms with Crippen LogP contribution < -0.4 is 10.1 Å². The van der Waals surface area contributed by atoms with E-state index in [4.69, 9.17) is 4.74 Å². The molecule has 0 aliphatic rings. The van der Waals surface area contributed by atoms with E-state index < -0.39 is 0 Å². The Morgan fingerprint density at radius 3 is 2.62 bits per heavy atom. The van der Waals surface area contributed by atoms with Gasteiger partial charge in [-0.3, -0.25) is 9.89 Å². The third-order valence-corrected chi connectivity index (χ3v) is 3.69. The number of carbonyl (C=O) groups excluding carboxylic acids is 1. The van der Waals surface area contributed by atoms with Crippen LogP contribution in [0.2, 0.25) is 0 Å². The number of anilines is 1. The second kappa shape index (κ2) is 6.54. The molecule has 122 valence electrons. The van der Waals surface area contributed by atoms with Crippen molar-refractivity contribution >= 4 is 11.6 Å². The lowest BCUT2D eigenvalue weighted by atomic mass is 10.1. The molecule has 1 amide bonds. The summed E-state index contributed by atoms with van der Waals surface area (Å²) >= 11 is 0. The van der Waals surface area contributed by atoms with Crippen LogP contribution in [0.25, 0.3) is 11.3 Å². The number of hydrogen-bond acceptors (Lipinski definition) is 3. The minimum absolute atomic E-state index is 0.363. The fourth-order valence-electron chi connectivity index (χ4n) is 2.31. The fraction of sp³-hybridized carbons (Fsp3) is 0.111. The maximum absolute atomic E-state index is 13.6. The topological polar surface area (TPSA) is 67.0 Å². The molecule has 0 saturated carbocycles. The number of nitrogens with zero attached hydrogens (tertiary/aromatic N) is 1. The Balaban J connectivity index is 1.85. The van der Waals surface area contributed by atoms with Crippen molar-refractivity contribution in [1.82, 2.24) is 10.2 Å². The van der Waals surface area contributed by atoms with E-state index in [9.17, 15) is 9.18 Å². The molecule has 2 N–H and O–H groups in total. The highest BCUT2D eigenvalue weighted by atomic mass is 19.1. The number of H-pyrrole nitrogens is 1. The van der Waals surface area contributed by atoms with Crippen LogP contribution in [0.1, 0.15) is 15.9 Å². The summed E-state index contributed by atoms with van der Waals surface area (Å²) in [5, 5.41) is 9.45. The zero-order valence-electron chi connectivity index (χ0n) is 13.3. The molecule has 5 nitrogen and oxygen atoms in total. The van der Waals surface area contributed by atoms with Crippen molar-refractivity contribution < 1.29 is 13.9 Å². The van der Waals surface area contributed by atoms with Crippen LogP contribution in [0.4, 0.5) is 10.1 Å². The fourth-order valence-corrected chi connectivity index (χ4v) is 2.31. The lowest BCUT2D eigenvalue weighted by Crippen LogP contribution is -2.12. The van der Waals surface area contributed by atoms with Crippen molar-refractivity contribution in [3.63, 3.8) is 0 Å². The minimum atomic E-state index is -0.365. The average Bonchev–Trinajstić information content (AvgIpc) is 3.08. The number of amides is 1. The first-order valence-corrected chi connectivity index (χ1v) is 7.34. The van der Waals surface area contributed by atoms with Gasteiger partial charge in [0.05, 0.1) is 24.6 Å². The predicted octanol–water partition coefficient (Wildman–Crippen LogP) is 3.79. The number of methoxy groups -OCH3 is 1. The van der Waals surface area contributed by atoms with E-state index in [1.165, 1.54) is 12.3 Å². The number of hydrogen-bond donors (Lipinski definition) is 2. The minimum Gasteiger partial charge on any atom is -0.497 e. The van der Waals surface area contributed by atoms with Crippen molar-refractivity contribution in [2.75, 3.05) is 12.4 Å². The normalized spacial score (nSPS) is 10.5. The Labute approximate surface area is 138 Å². The van der Waals surface area contributed by atoms with Gasteiger partial charge < -0.3 is 10.1 Å². The predicted molar refractivity (Wildman–Crippen MR) is 89.7 cm³/mol. The molecular formula is C18H16FN3O2. The van der Waals surface area contributed by atoms with Gasteiger partial charge in [0.25, 0.3) is 5.91 Å². The summed E-state index contributed by atoms with van der Waals surface area (Å²) in [5.41, 5.74) is 2.68. The van der Waals surface area contributed by atoms with Crippen molar-refractivity contribution in [2.24, 2.45) is 0 Å². The van der Waals surface area contributed by atoms with Crippen molar-refractivity contribution in [2.45, 2.75) is 6.92 Å².